The highest BCUT2D eigenvalue weighted by Crippen LogP contribution is 2.31. The Morgan fingerprint density at radius 2 is 1.50 bits per heavy atom. The van der Waals surface area contributed by atoms with Gasteiger partial charge in [-0.3, -0.25) is 9.69 Å². The first kappa shape index (κ1) is 17.5. The van der Waals surface area contributed by atoms with Crippen LogP contribution in [0.25, 0.3) is 0 Å². The summed E-state index contributed by atoms with van der Waals surface area (Å²) in [4.78, 5) is 15.1. The highest BCUT2D eigenvalue weighted by atomic mass is 16.5. The van der Waals surface area contributed by atoms with Crippen LogP contribution in [0, 0.1) is 0 Å². The lowest BCUT2D eigenvalue weighted by Crippen LogP contribution is -2.34. The van der Waals surface area contributed by atoms with E-state index in [1.807, 2.05) is 84.9 Å². The van der Waals surface area contributed by atoms with Crippen molar-refractivity contribution >= 4 is 11.6 Å². The number of amides is 1. The van der Waals surface area contributed by atoms with E-state index in [-0.39, 0.29) is 11.9 Å². The van der Waals surface area contributed by atoms with Crippen LogP contribution in [-0.4, -0.2) is 13.0 Å². The smallest absolute Gasteiger partial charge is 0.259 e. The molecule has 3 nitrogen and oxygen atoms in total. The zero-order valence-electron chi connectivity index (χ0n) is 14.7. The number of hydrogen-bond acceptors (Lipinski definition) is 2. The third-order valence-corrected chi connectivity index (χ3v) is 4.23. The molecule has 3 aromatic carbocycles. The molecule has 0 aliphatic heterocycles. The lowest BCUT2D eigenvalue weighted by molar-refractivity contribution is 0.0981. The molecule has 0 bridgehead atoms. The predicted octanol–water partition coefficient (Wildman–Crippen LogP) is 5.27. The molecular formula is C23H21NO2. The Morgan fingerprint density at radius 3 is 2.04 bits per heavy atom. The molecule has 0 spiro atoms. The summed E-state index contributed by atoms with van der Waals surface area (Å²) in [7, 11) is 1.62. The van der Waals surface area contributed by atoms with E-state index in [4.69, 9.17) is 4.74 Å². The zero-order valence-corrected chi connectivity index (χ0v) is 14.7. The van der Waals surface area contributed by atoms with Crippen molar-refractivity contribution in [3.05, 3.63) is 109 Å². The molecular weight excluding hydrogens is 322 g/mol. The van der Waals surface area contributed by atoms with E-state index in [1.54, 1.807) is 18.1 Å². The van der Waals surface area contributed by atoms with Crippen LogP contribution in [0.3, 0.4) is 0 Å². The van der Waals surface area contributed by atoms with E-state index < -0.39 is 0 Å². The number of rotatable bonds is 6. The lowest BCUT2D eigenvalue weighted by Gasteiger charge is -2.30. The summed E-state index contributed by atoms with van der Waals surface area (Å²) < 4.78 is 5.24. The summed E-state index contributed by atoms with van der Waals surface area (Å²) in [5.74, 6) is 0.667. The Balaban J connectivity index is 2.08. The zero-order chi connectivity index (χ0) is 18.4. The fourth-order valence-electron chi connectivity index (χ4n) is 2.91. The summed E-state index contributed by atoms with van der Waals surface area (Å²) in [5, 5.41) is 0. The molecule has 0 N–H and O–H groups in total. The first-order chi connectivity index (χ1) is 12.7. The Bertz CT molecular complexity index is 858. The molecule has 0 fully saturated rings. The van der Waals surface area contributed by atoms with Gasteiger partial charge in [-0.2, -0.15) is 0 Å². The SMILES string of the molecule is C=C[C@H](c1ccccc1)N(C(=O)c1ccccc1)c1ccc(OC)cc1. The second kappa shape index (κ2) is 8.17. The van der Waals surface area contributed by atoms with Gasteiger partial charge in [-0.25, -0.2) is 0 Å². The minimum absolute atomic E-state index is 0.0791. The number of carbonyl (C=O) groups is 1. The Morgan fingerprint density at radius 1 is 0.923 bits per heavy atom. The molecule has 0 aliphatic carbocycles. The first-order valence-electron chi connectivity index (χ1n) is 8.44. The molecule has 0 saturated heterocycles. The maximum absolute atomic E-state index is 13.3. The Kier molecular flexibility index (Phi) is 5.49. The number of ether oxygens (including phenoxy) is 1. The minimum Gasteiger partial charge on any atom is -0.497 e. The van der Waals surface area contributed by atoms with Crippen molar-refractivity contribution in [1.82, 2.24) is 0 Å². The van der Waals surface area contributed by atoms with Gasteiger partial charge >= 0.3 is 0 Å². The van der Waals surface area contributed by atoms with Gasteiger partial charge < -0.3 is 4.74 Å². The van der Waals surface area contributed by atoms with Gasteiger partial charge in [0.05, 0.1) is 13.2 Å². The number of benzene rings is 3. The van der Waals surface area contributed by atoms with Crippen LogP contribution in [-0.2, 0) is 0 Å². The number of hydrogen-bond donors (Lipinski definition) is 0. The Labute approximate surface area is 154 Å². The molecule has 0 heterocycles. The van der Waals surface area contributed by atoms with Gasteiger partial charge in [0.15, 0.2) is 0 Å². The van der Waals surface area contributed by atoms with Gasteiger partial charge in [-0.15, -0.1) is 6.58 Å². The van der Waals surface area contributed by atoms with Crippen molar-refractivity contribution in [2.24, 2.45) is 0 Å². The van der Waals surface area contributed by atoms with Crippen molar-refractivity contribution in [2.75, 3.05) is 12.0 Å². The largest absolute Gasteiger partial charge is 0.497 e. The fourth-order valence-corrected chi connectivity index (χ4v) is 2.91. The van der Waals surface area contributed by atoms with Gasteiger partial charge in [-0.05, 0) is 42.0 Å². The molecule has 1 atom stereocenters. The molecule has 0 radical (unpaired) electrons. The van der Waals surface area contributed by atoms with Gasteiger partial charge in [0.2, 0.25) is 0 Å². The molecule has 3 heteroatoms. The summed E-state index contributed by atoms with van der Waals surface area (Å²) in [6.45, 7) is 3.98. The number of carbonyl (C=O) groups excluding carboxylic acids is 1. The van der Waals surface area contributed by atoms with Crippen LogP contribution in [0.2, 0.25) is 0 Å². The second-order valence-corrected chi connectivity index (χ2v) is 5.83. The third-order valence-electron chi connectivity index (χ3n) is 4.23. The number of anilines is 1. The normalized spacial score (nSPS) is 11.4. The third kappa shape index (κ3) is 3.67. The van der Waals surface area contributed by atoms with Crippen LogP contribution in [0.5, 0.6) is 5.75 Å². The van der Waals surface area contributed by atoms with E-state index in [0.717, 1.165) is 17.0 Å². The van der Waals surface area contributed by atoms with E-state index in [0.29, 0.717) is 5.56 Å². The lowest BCUT2D eigenvalue weighted by atomic mass is 10.0. The van der Waals surface area contributed by atoms with Gasteiger partial charge in [0.25, 0.3) is 5.91 Å². The molecule has 0 saturated carbocycles. The quantitative estimate of drug-likeness (QED) is 0.571. The van der Waals surface area contributed by atoms with E-state index in [9.17, 15) is 4.79 Å². The summed E-state index contributed by atoms with van der Waals surface area (Å²) in [6.07, 6.45) is 1.79. The van der Waals surface area contributed by atoms with Crippen LogP contribution in [0.1, 0.15) is 22.0 Å². The molecule has 3 rings (SSSR count). The average molecular weight is 343 g/mol. The average Bonchev–Trinajstić information content (AvgIpc) is 2.73. The number of methoxy groups -OCH3 is 1. The molecule has 26 heavy (non-hydrogen) atoms. The van der Waals surface area contributed by atoms with Crippen molar-refractivity contribution < 1.29 is 9.53 Å². The summed E-state index contributed by atoms with van der Waals surface area (Å²) in [6, 6.07) is 26.4. The van der Waals surface area contributed by atoms with Crippen LogP contribution >= 0.6 is 0 Å². The minimum atomic E-state index is -0.280. The highest BCUT2D eigenvalue weighted by molar-refractivity contribution is 6.06. The number of nitrogens with zero attached hydrogens (tertiary/aromatic N) is 1. The molecule has 130 valence electrons. The van der Waals surface area contributed by atoms with Crippen LogP contribution < -0.4 is 9.64 Å². The fraction of sp³-hybridized carbons (Fsp3) is 0.0870. The van der Waals surface area contributed by atoms with Crippen LogP contribution in [0.4, 0.5) is 5.69 Å². The van der Waals surface area contributed by atoms with E-state index in [1.165, 1.54) is 0 Å². The van der Waals surface area contributed by atoms with Gasteiger partial charge in [0, 0.05) is 11.3 Å². The first-order valence-corrected chi connectivity index (χ1v) is 8.44. The molecule has 0 aliphatic rings. The topological polar surface area (TPSA) is 29.5 Å². The molecule has 3 aromatic rings. The van der Waals surface area contributed by atoms with E-state index in [2.05, 4.69) is 6.58 Å². The van der Waals surface area contributed by atoms with Crippen molar-refractivity contribution in [2.45, 2.75) is 6.04 Å². The highest BCUT2D eigenvalue weighted by Gasteiger charge is 2.25. The van der Waals surface area contributed by atoms with Crippen LogP contribution in [0.15, 0.2) is 97.6 Å². The van der Waals surface area contributed by atoms with Crippen molar-refractivity contribution in [3.8, 4) is 5.75 Å². The van der Waals surface area contributed by atoms with Crippen molar-refractivity contribution in [3.63, 3.8) is 0 Å². The maximum Gasteiger partial charge on any atom is 0.259 e. The Hall–Kier alpha value is -3.33. The summed E-state index contributed by atoms with van der Waals surface area (Å²) >= 11 is 0. The van der Waals surface area contributed by atoms with Crippen molar-refractivity contribution in [1.29, 1.82) is 0 Å². The maximum atomic E-state index is 13.3. The second-order valence-electron chi connectivity index (χ2n) is 5.83. The van der Waals surface area contributed by atoms with Gasteiger partial charge in [-0.1, -0.05) is 54.6 Å². The molecule has 1 amide bonds. The molecule has 0 unspecified atom stereocenters. The predicted molar refractivity (Wildman–Crippen MR) is 106 cm³/mol. The summed E-state index contributed by atoms with van der Waals surface area (Å²) in [5.41, 5.74) is 2.42. The standard InChI is InChI=1S/C23H21NO2/c1-3-22(18-10-6-4-7-11-18)24(20-14-16-21(26-2)17-15-20)23(25)19-12-8-5-9-13-19/h3-17,22H,1H2,2H3/t22-/m1/s1. The van der Waals surface area contributed by atoms with Gasteiger partial charge in [0.1, 0.15) is 5.75 Å². The van der Waals surface area contributed by atoms with E-state index >= 15 is 0 Å². The monoisotopic (exact) mass is 343 g/mol. The molecule has 0 aromatic heterocycles.